The third kappa shape index (κ3) is 16.0. The summed E-state index contributed by atoms with van der Waals surface area (Å²) >= 11 is 9.31. The van der Waals surface area contributed by atoms with E-state index in [1.165, 1.54) is 31.0 Å². The molecule has 0 spiro atoms. The number of nitrogens with one attached hydrogen (secondary N) is 5. The Hall–Kier alpha value is -7.01. The number of alkyl halides is 1. The van der Waals surface area contributed by atoms with Gasteiger partial charge >= 0.3 is 19.6 Å². The lowest BCUT2D eigenvalue weighted by atomic mass is 10.0. The Morgan fingerprint density at radius 2 is 1.57 bits per heavy atom. The van der Waals surface area contributed by atoms with Gasteiger partial charge in [-0.1, -0.05) is 44.6 Å². The van der Waals surface area contributed by atoms with Crippen LogP contribution in [0.4, 0.5) is 25.1 Å². The molecule has 3 fully saturated rings. The Morgan fingerprint density at radius 3 is 2.30 bits per heavy atom. The molecule has 89 heavy (non-hydrogen) atoms. The number of halogens is 2. The second kappa shape index (κ2) is 28.4. The van der Waals surface area contributed by atoms with E-state index in [4.69, 9.17) is 44.1 Å². The van der Waals surface area contributed by atoms with Gasteiger partial charge in [-0.2, -0.15) is 0 Å². The molecule has 0 saturated carbocycles. The zero-order chi connectivity index (χ0) is 64.1. The fourth-order valence-electron chi connectivity index (χ4n) is 9.93. The molecule has 7 N–H and O–H groups in total. The number of imidazole rings is 1. The second-order valence-electron chi connectivity index (χ2n) is 21.4. The smallest absolute Gasteiger partial charge is 0.409 e. The van der Waals surface area contributed by atoms with Gasteiger partial charge in [0.15, 0.2) is 47.1 Å². The van der Waals surface area contributed by atoms with Gasteiger partial charge in [0.05, 0.1) is 25.9 Å². The van der Waals surface area contributed by atoms with Crippen LogP contribution in [0.15, 0.2) is 66.4 Å². The van der Waals surface area contributed by atoms with Gasteiger partial charge in [0, 0.05) is 57.0 Å². The summed E-state index contributed by atoms with van der Waals surface area (Å²) in [6.45, 7) is -5.38. The fraction of sp³-hybridized carbons (Fsp3) is 0.500. The maximum Gasteiger partial charge on any atom is 0.409 e. The molecular formula is C52H63F2N13O18P2S2. The first-order chi connectivity index (χ1) is 42.3. The van der Waals surface area contributed by atoms with E-state index >= 15 is 8.78 Å². The van der Waals surface area contributed by atoms with Crippen LogP contribution in [-0.2, 0) is 84.1 Å². The number of H-pyrrole nitrogens is 1. The summed E-state index contributed by atoms with van der Waals surface area (Å²) in [4.78, 5) is 133. The molecule has 4 aliphatic rings. The molecule has 12 atom stereocenters. The van der Waals surface area contributed by atoms with Crippen molar-refractivity contribution in [1.29, 1.82) is 0 Å². The van der Waals surface area contributed by atoms with Crippen LogP contribution in [0.5, 0.6) is 0 Å². The largest absolute Gasteiger partial charge is 0.445 e. The van der Waals surface area contributed by atoms with E-state index in [2.05, 4.69) is 58.4 Å². The SMILES string of the molecule is CC(C)[C@H](NC(=O)CCCCCN1C(=O)C=CC1=O)C(=O)N[C@@H](C)C(=O)Nc1ccc(COC(=O)N(C)CCCC(=O)Nc2ncnc3c2ncn3[C@@H]2O[C@@H]3COP(=O)(S)O[C@@H]4C(O)[C@@H](COP(O)(=S)O[C@H]3[C@H]2F)O[C@H]4n2cc(F)c3c(=O)[nH]cnc32)cc1. The van der Waals surface area contributed by atoms with E-state index in [-0.39, 0.29) is 85.2 Å². The maximum absolute atomic E-state index is 16.7. The van der Waals surface area contributed by atoms with Crippen LogP contribution in [0.1, 0.15) is 77.3 Å². The number of rotatable bonds is 21. The van der Waals surface area contributed by atoms with Crippen molar-refractivity contribution >= 4 is 113 Å². The van der Waals surface area contributed by atoms with Crippen LogP contribution in [0, 0.1) is 11.7 Å². The number of amides is 7. The van der Waals surface area contributed by atoms with Gasteiger partial charge in [0.25, 0.3) is 17.4 Å². The van der Waals surface area contributed by atoms with Crippen LogP contribution in [-0.4, -0.2) is 178 Å². The number of aromatic amines is 1. The normalized spacial score (nSPS) is 26.1. The molecule has 0 radical (unpaired) electrons. The van der Waals surface area contributed by atoms with Gasteiger partial charge in [0.1, 0.15) is 60.9 Å². The summed E-state index contributed by atoms with van der Waals surface area (Å²) < 4.78 is 87.5. The number of aliphatic hydroxyl groups is 1. The Labute approximate surface area is 514 Å². The number of carbonyl (C=O) groups excluding carboxylic acids is 7. The van der Waals surface area contributed by atoms with E-state index in [1.54, 1.807) is 38.1 Å². The number of aliphatic hydroxyl groups excluding tert-OH is 1. The van der Waals surface area contributed by atoms with E-state index < -0.39 is 129 Å². The van der Waals surface area contributed by atoms with Crippen molar-refractivity contribution in [3.63, 3.8) is 0 Å². The molecule has 480 valence electrons. The Morgan fingerprint density at radius 1 is 0.865 bits per heavy atom. The number of hydrogen-bond donors (Lipinski definition) is 8. The molecule has 9 rings (SSSR count). The highest BCUT2D eigenvalue weighted by Gasteiger charge is 2.54. The molecule has 4 aliphatic heterocycles. The van der Waals surface area contributed by atoms with E-state index in [1.807, 2.05) is 0 Å². The average molecular weight is 1320 g/mol. The highest BCUT2D eigenvalue weighted by molar-refractivity contribution is 8.44. The highest BCUT2D eigenvalue weighted by Crippen LogP contribution is 2.58. The van der Waals surface area contributed by atoms with E-state index in [0.717, 1.165) is 39.2 Å². The number of hydrogen-bond acceptors (Lipinski definition) is 22. The Kier molecular flexibility index (Phi) is 21.2. The predicted molar refractivity (Wildman–Crippen MR) is 314 cm³/mol. The molecule has 5 aromatic rings. The standard InChI is InChI=1S/C52H63F2N13O18P2S2/c1-26(2)39(62-33(68)9-6-5-7-18-65-35(70)15-16-36(65)71)49(75)60-27(3)47(73)61-29-13-11-28(12-14-29)20-79-52(76)64(4)17-8-10-34(69)63-44-40-46(57-23-55-44)67(25-59-40)50-38(54)42-32(83-50)22-81-87(78,89)85-43-41(72)31(21-80-86(77,88)84-42)82-51(43)66-19-30(53)37-45(66)56-24-58-48(37)74/h11-16,19,23-27,31-32,38-39,41-43,50-51,72H,5-10,17-18,20-22H2,1-4H3,(H,60,75)(H,61,73)(H,62,68)(H,77,88)(H,78,89)(H,56,58,74)(H,55,57,63,69)/t27-,31+,32+,38+,39-,41?,42+,43+,50+,51+,86?,87?/m0/s1. The lowest BCUT2D eigenvalue weighted by molar-refractivity contribution is -0.137. The second-order valence-corrected chi connectivity index (χ2v) is 27.1. The van der Waals surface area contributed by atoms with Crippen molar-refractivity contribution in [3.05, 3.63) is 83.3 Å². The number of fused-ring (bicyclic) bond motifs is 5. The number of nitrogens with zero attached hydrogens (tertiary/aromatic N) is 8. The number of imide groups is 1. The van der Waals surface area contributed by atoms with Gasteiger partial charge in [-0.15, -0.1) is 0 Å². The monoisotopic (exact) mass is 1320 g/mol. The van der Waals surface area contributed by atoms with Gasteiger partial charge < -0.3 is 64.5 Å². The Bertz CT molecular complexity index is 3680. The van der Waals surface area contributed by atoms with Crippen LogP contribution in [0.3, 0.4) is 0 Å². The highest BCUT2D eigenvalue weighted by atomic mass is 32.7. The molecular weight excluding hydrogens is 1260 g/mol. The molecule has 3 unspecified atom stereocenters. The number of carbonyl (C=O) groups is 7. The summed E-state index contributed by atoms with van der Waals surface area (Å²) in [5.74, 6) is -4.08. The van der Waals surface area contributed by atoms with Gasteiger partial charge in [-0.3, -0.25) is 56.6 Å². The van der Waals surface area contributed by atoms with Crippen molar-refractivity contribution in [2.24, 2.45) is 5.92 Å². The molecule has 1 aromatic carbocycles. The van der Waals surface area contributed by atoms with E-state index in [0.29, 0.717) is 30.5 Å². The van der Waals surface area contributed by atoms with Crippen molar-refractivity contribution in [3.8, 4) is 0 Å². The summed E-state index contributed by atoms with van der Waals surface area (Å²) in [6, 6.07) is 4.51. The molecule has 4 aromatic heterocycles. The van der Waals surface area contributed by atoms with Crippen molar-refractivity contribution in [1.82, 2.24) is 54.5 Å². The molecule has 0 aliphatic carbocycles. The lowest BCUT2D eigenvalue weighted by Gasteiger charge is -2.27. The van der Waals surface area contributed by atoms with Crippen LogP contribution < -0.4 is 26.8 Å². The van der Waals surface area contributed by atoms with Crippen LogP contribution in [0.2, 0.25) is 0 Å². The van der Waals surface area contributed by atoms with Gasteiger partial charge in [-0.05, 0) is 61.6 Å². The first-order valence-corrected chi connectivity index (χ1v) is 33.1. The van der Waals surface area contributed by atoms with Crippen LogP contribution >= 0.6 is 25.8 Å². The number of aromatic nitrogens is 7. The zero-order valence-electron chi connectivity index (χ0n) is 47.9. The number of thiol groups is 1. The summed E-state index contributed by atoms with van der Waals surface area (Å²) in [5, 5.41) is 21.6. The molecule has 2 bridgehead atoms. The molecule has 37 heteroatoms. The summed E-state index contributed by atoms with van der Waals surface area (Å²) in [5.41, 5.74) is -0.123. The maximum atomic E-state index is 16.7. The van der Waals surface area contributed by atoms with Gasteiger partial charge in [-0.25, -0.2) is 38.1 Å². The Balaban J connectivity index is 0.716. The minimum atomic E-state index is -4.61. The predicted octanol–water partition coefficient (Wildman–Crippen LogP) is 3.33. The first-order valence-electron chi connectivity index (χ1n) is 27.8. The molecule has 8 heterocycles. The minimum Gasteiger partial charge on any atom is -0.445 e. The summed E-state index contributed by atoms with van der Waals surface area (Å²) in [6.07, 6.45) is -5.95. The van der Waals surface area contributed by atoms with Crippen LogP contribution in [0.25, 0.3) is 22.2 Å². The first kappa shape index (κ1) is 66.4. The van der Waals surface area contributed by atoms with Crippen molar-refractivity contribution in [2.45, 2.75) is 127 Å². The average Bonchev–Trinajstić information content (AvgIpc) is 1.67. The number of ether oxygens (including phenoxy) is 3. The third-order valence-electron chi connectivity index (χ3n) is 14.6. The number of unbranched alkanes of at least 4 members (excludes halogenated alkanes) is 2. The number of anilines is 2. The lowest BCUT2D eigenvalue weighted by Crippen LogP contribution is -2.53. The zero-order valence-corrected chi connectivity index (χ0v) is 51.4. The molecule has 31 nitrogen and oxygen atoms in total. The van der Waals surface area contributed by atoms with Crippen molar-refractivity contribution in [2.75, 3.05) is 44.0 Å². The molecule has 3 saturated heterocycles. The third-order valence-corrected chi connectivity index (χ3v) is 17.8. The van der Waals surface area contributed by atoms with E-state index in [9.17, 15) is 52.9 Å². The van der Waals surface area contributed by atoms with Crippen molar-refractivity contribution < 1.29 is 89.2 Å². The summed E-state index contributed by atoms with van der Waals surface area (Å²) in [7, 11) is 1.48. The van der Waals surface area contributed by atoms with Gasteiger partial charge in [0.2, 0.25) is 23.6 Å². The fourth-order valence-corrected chi connectivity index (χ4v) is 12.8. The molecule has 7 amide bonds. The minimum absolute atomic E-state index is 0.00145. The number of benzene rings is 1. The topological polar surface area (TPSA) is 391 Å². The quantitative estimate of drug-likeness (QED) is 0.0226.